The summed E-state index contributed by atoms with van der Waals surface area (Å²) in [5.41, 5.74) is -0.426. The molecule has 4 aliphatic rings. The van der Waals surface area contributed by atoms with Gasteiger partial charge in [0.2, 0.25) is 0 Å². The zero-order valence-corrected chi connectivity index (χ0v) is 25.2. The highest BCUT2D eigenvalue weighted by molar-refractivity contribution is 6.33. The minimum Gasteiger partial charge on any atom is -0.442 e. The van der Waals surface area contributed by atoms with Crippen molar-refractivity contribution in [3.63, 3.8) is 0 Å². The SMILES string of the molecule is CCCCC1CN(CC2CCCCC2)C(=O)OC12CCN(C1(C)CCN(C(=O)c3c(F)cccc3Cl)CC1)CC2. The lowest BCUT2D eigenvalue weighted by atomic mass is 9.74. The third-order valence-electron chi connectivity index (χ3n) is 10.5. The lowest BCUT2D eigenvalue weighted by molar-refractivity contribution is -0.134. The zero-order valence-electron chi connectivity index (χ0n) is 24.4. The molecule has 5 rings (SSSR count). The molecule has 1 aromatic rings. The fraction of sp³-hybridized carbons (Fsp3) is 0.750. The molecule has 0 radical (unpaired) electrons. The first-order valence-electron chi connectivity index (χ1n) is 15.7. The summed E-state index contributed by atoms with van der Waals surface area (Å²) in [6, 6.07) is 4.38. The highest BCUT2D eigenvalue weighted by Gasteiger charge is 2.51. The molecule has 1 spiro atoms. The van der Waals surface area contributed by atoms with Crippen LogP contribution < -0.4 is 0 Å². The highest BCUT2D eigenvalue weighted by atomic mass is 35.5. The number of carbonyl (C=O) groups is 2. The molecule has 8 heteroatoms. The van der Waals surface area contributed by atoms with E-state index in [0.717, 1.165) is 64.7 Å². The Balaban J connectivity index is 1.19. The van der Waals surface area contributed by atoms with E-state index < -0.39 is 5.82 Å². The standard InChI is InChI=1S/C32H47ClFN3O3/c1-3-4-11-25-23-36(22-24-9-6-5-7-10-24)30(39)40-32(25)16-20-37(21-17-32)31(2)14-18-35(19-15-31)29(38)28-26(33)12-8-13-27(28)34/h8,12-13,24-25H,3-7,9-11,14-23H2,1-2H3. The number of nitrogens with zero attached hydrogens (tertiary/aromatic N) is 3. The smallest absolute Gasteiger partial charge is 0.410 e. The van der Waals surface area contributed by atoms with Crippen molar-refractivity contribution in [2.75, 3.05) is 39.3 Å². The molecule has 2 amide bonds. The minimum absolute atomic E-state index is 0.0255. The summed E-state index contributed by atoms with van der Waals surface area (Å²) < 4.78 is 20.8. The van der Waals surface area contributed by atoms with E-state index in [1.165, 1.54) is 50.7 Å². The molecule has 40 heavy (non-hydrogen) atoms. The molecule has 1 atom stereocenters. The Morgan fingerprint density at radius 2 is 1.77 bits per heavy atom. The molecule has 0 bridgehead atoms. The van der Waals surface area contributed by atoms with Crippen LogP contribution in [0.15, 0.2) is 18.2 Å². The van der Waals surface area contributed by atoms with Crippen LogP contribution in [0.2, 0.25) is 5.02 Å². The van der Waals surface area contributed by atoms with Gasteiger partial charge in [-0.25, -0.2) is 9.18 Å². The maximum Gasteiger partial charge on any atom is 0.410 e. The van der Waals surface area contributed by atoms with Crippen molar-refractivity contribution in [1.29, 1.82) is 0 Å². The van der Waals surface area contributed by atoms with Gasteiger partial charge in [0.15, 0.2) is 0 Å². The normalized spacial score (nSPS) is 25.7. The summed E-state index contributed by atoms with van der Waals surface area (Å²) in [6.07, 6.45) is 13.1. The number of amides is 2. The number of halogens is 2. The molecule has 1 saturated carbocycles. The molecule has 3 saturated heterocycles. The van der Waals surface area contributed by atoms with Crippen molar-refractivity contribution in [1.82, 2.24) is 14.7 Å². The van der Waals surface area contributed by atoms with Gasteiger partial charge in [-0.3, -0.25) is 9.69 Å². The Morgan fingerprint density at radius 1 is 1.07 bits per heavy atom. The maximum absolute atomic E-state index is 14.4. The van der Waals surface area contributed by atoms with Crippen LogP contribution in [0.25, 0.3) is 0 Å². The lowest BCUT2D eigenvalue weighted by Crippen LogP contribution is -2.63. The van der Waals surface area contributed by atoms with E-state index in [4.69, 9.17) is 16.3 Å². The van der Waals surface area contributed by atoms with E-state index in [0.29, 0.717) is 24.9 Å². The molecule has 3 heterocycles. The molecule has 0 N–H and O–H groups in total. The second-order valence-electron chi connectivity index (χ2n) is 13.1. The number of carbonyl (C=O) groups excluding carboxylic acids is 2. The lowest BCUT2D eigenvalue weighted by Gasteiger charge is -2.55. The van der Waals surface area contributed by atoms with Gasteiger partial charge < -0.3 is 14.5 Å². The van der Waals surface area contributed by atoms with Gasteiger partial charge in [-0.1, -0.05) is 56.7 Å². The molecule has 3 aliphatic heterocycles. The van der Waals surface area contributed by atoms with Crippen molar-refractivity contribution in [3.05, 3.63) is 34.6 Å². The zero-order chi connectivity index (χ0) is 28.3. The Bertz CT molecular complexity index is 1030. The number of hydrogen-bond donors (Lipinski definition) is 0. The summed E-state index contributed by atoms with van der Waals surface area (Å²) in [5.74, 6) is 0.113. The molecule has 222 valence electrons. The fourth-order valence-corrected chi connectivity index (χ4v) is 8.01. The van der Waals surface area contributed by atoms with E-state index in [1.807, 2.05) is 4.90 Å². The fourth-order valence-electron chi connectivity index (χ4n) is 7.77. The van der Waals surface area contributed by atoms with Crippen LogP contribution in [-0.4, -0.2) is 77.1 Å². The quantitative estimate of drug-likeness (QED) is 0.346. The maximum atomic E-state index is 14.4. The van der Waals surface area contributed by atoms with Crippen molar-refractivity contribution in [3.8, 4) is 0 Å². The number of piperidine rings is 2. The van der Waals surface area contributed by atoms with Gasteiger partial charge in [0, 0.05) is 63.6 Å². The van der Waals surface area contributed by atoms with Crippen LogP contribution >= 0.6 is 11.6 Å². The van der Waals surface area contributed by atoms with Crippen LogP contribution in [0.1, 0.15) is 101 Å². The molecule has 1 aromatic carbocycles. The van der Waals surface area contributed by atoms with E-state index in [-0.39, 0.29) is 33.7 Å². The van der Waals surface area contributed by atoms with E-state index in [9.17, 15) is 14.0 Å². The molecular weight excluding hydrogens is 529 g/mol. The van der Waals surface area contributed by atoms with E-state index >= 15 is 0 Å². The summed E-state index contributed by atoms with van der Waals surface area (Å²) in [7, 11) is 0. The van der Waals surface area contributed by atoms with Crippen molar-refractivity contribution >= 4 is 23.6 Å². The predicted molar refractivity (Wildman–Crippen MR) is 156 cm³/mol. The van der Waals surface area contributed by atoms with E-state index in [2.05, 4.69) is 18.7 Å². The average Bonchev–Trinajstić information content (AvgIpc) is 2.95. The Hall–Kier alpha value is -1.86. The van der Waals surface area contributed by atoms with Crippen molar-refractivity contribution in [2.24, 2.45) is 11.8 Å². The first-order chi connectivity index (χ1) is 19.2. The highest BCUT2D eigenvalue weighted by Crippen LogP contribution is 2.44. The molecule has 6 nitrogen and oxygen atoms in total. The second kappa shape index (κ2) is 12.6. The van der Waals surface area contributed by atoms with Crippen LogP contribution in [0.3, 0.4) is 0 Å². The van der Waals surface area contributed by atoms with Gasteiger partial charge in [-0.2, -0.15) is 0 Å². The number of likely N-dealkylation sites (tertiary alicyclic amines) is 2. The van der Waals surface area contributed by atoms with Crippen molar-refractivity contribution < 1.29 is 18.7 Å². The molecule has 0 aromatic heterocycles. The monoisotopic (exact) mass is 575 g/mol. The Morgan fingerprint density at radius 3 is 2.42 bits per heavy atom. The van der Waals surface area contributed by atoms with Crippen LogP contribution in [0, 0.1) is 17.7 Å². The Kier molecular flexibility index (Phi) is 9.30. The van der Waals surface area contributed by atoms with Gasteiger partial charge in [0.1, 0.15) is 11.4 Å². The number of benzene rings is 1. The minimum atomic E-state index is -0.566. The number of unbranched alkanes of at least 4 members (excludes halogenated alkanes) is 1. The van der Waals surface area contributed by atoms with Crippen LogP contribution in [-0.2, 0) is 4.74 Å². The summed E-state index contributed by atoms with van der Waals surface area (Å²) >= 11 is 6.17. The van der Waals surface area contributed by atoms with Gasteiger partial charge in [-0.05, 0) is 57.1 Å². The molecular formula is C32H47ClFN3O3. The third-order valence-corrected chi connectivity index (χ3v) is 10.8. The number of ether oxygens (including phenoxy) is 1. The average molecular weight is 576 g/mol. The predicted octanol–water partition coefficient (Wildman–Crippen LogP) is 7.15. The van der Waals surface area contributed by atoms with Gasteiger partial charge in [0.05, 0.1) is 10.6 Å². The van der Waals surface area contributed by atoms with Crippen molar-refractivity contribution in [2.45, 2.75) is 102 Å². The Labute approximate surface area is 244 Å². The molecule has 1 aliphatic carbocycles. The largest absolute Gasteiger partial charge is 0.442 e. The van der Waals surface area contributed by atoms with Crippen LogP contribution in [0.5, 0.6) is 0 Å². The van der Waals surface area contributed by atoms with Gasteiger partial charge in [0.25, 0.3) is 5.91 Å². The first kappa shape index (κ1) is 29.6. The summed E-state index contributed by atoms with van der Waals surface area (Å²) in [6.45, 7) is 9.15. The number of hydrogen-bond acceptors (Lipinski definition) is 4. The topological polar surface area (TPSA) is 53.1 Å². The summed E-state index contributed by atoms with van der Waals surface area (Å²) in [5, 5.41) is 0.164. The molecule has 1 unspecified atom stereocenters. The van der Waals surface area contributed by atoms with Gasteiger partial charge in [-0.15, -0.1) is 0 Å². The van der Waals surface area contributed by atoms with E-state index in [1.54, 1.807) is 11.0 Å². The van der Waals surface area contributed by atoms with Crippen LogP contribution in [0.4, 0.5) is 9.18 Å². The first-order valence-corrected chi connectivity index (χ1v) is 16.1. The third kappa shape index (κ3) is 6.16. The second-order valence-corrected chi connectivity index (χ2v) is 13.5. The van der Waals surface area contributed by atoms with Gasteiger partial charge >= 0.3 is 6.09 Å². The number of rotatable bonds is 7. The summed E-state index contributed by atoms with van der Waals surface area (Å²) in [4.78, 5) is 32.7. The molecule has 4 fully saturated rings.